The summed E-state index contributed by atoms with van der Waals surface area (Å²) in [6.45, 7) is 10.8. The van der Waals surface area contributed by atoms with Crippen LogP contribution in [0.5, 0.6) is 5.75 Å². The summed E-state index contributed by atoms with van der Waals surface area (Å²) in [5.41, 5.74) is 4.46. The second kappa shape index (κ2) is 7.84. The summed E-state index contributed by atoms with van der Waals surface area (Å²) in [5.74, 6) is 1.12. The van der Waals surface area contributed by atoms with E-state index in [-0.39, 0.29) is 5.91 Å². The van der Waals surface area contributed by atoms with Crippen LogP contribution in [0.3, 0.4) is 0 Å². The smallest absolute Gasteiger partial charge is 0.254 e. The second-order valence-corrected chi connectivity index (χ2v) is 7.29. The first kappa shape index (κ1) is 19.0. The summed E-state index contributed by atoms with van der Waals surface area (Å²) in [6.07, 6.45) is 1.66. The molecule has 0 N–H and O–H groups in total. The molecule has 0 radical (unpaired) electrons. The van der Waals surface area contributed by atoms with Crippen LogP contribution in [-0.2, 0) is 4.79 Å². The van der Waals surface area contributed by atoms with E-state index >= 15 is 0 Å². The fourth-order valence-corrected chi connectivity index (χ4v) is 3.65. The quantitative estimate of drug-likeness (QED) is 0.755. The number of anilines is 1. The number of aliphatic imine (C=N–C) groups is 2. The van der Waals surface area contributed by atoms with E-state index in [1.807, 2.05) is 31.4 Å². The number of aromatic nitrogens is 1. The van der Waals surface area contributed by atoms with Gasteiger partial charge in [-0.15, -0.1) is 11.3 Å². The normalized spacial score (nSPS) is 13.3. The van der Waals surface area contributed by atoms with E-state index in [2.05, 4.69) is 21.5 Å². The van der Waals surface area contributed by atoms with Crippen molar-refractivity contribution >= 4 is 34.5 Å². The molecule has 0 fully saturated rings. The first-order valence-electron chi connectivity index (χ1n) is 8.59. The van der Waals surface area contributed by atoms with Gasteiger partial charge < -0.3 is 4.74 Å². The van der Waals surface area contributed by atoms with E-state index in [1.165, 1.54) is 16.2 Å². The predicted molar refractivity (Wildman–Crippen MR) is 112 cm³/mol. The van der Waals surface area contributed by atoms with Crippen LogP contribution in [0.25, 0.3) is 11.3 Å². The highest BCUT2D eigenvalue weighted by Crippen LogP contribution is 2.34. The maximum Gasteiger partial charge on any atom is 0.254 e. The molecule has 0 saturated heterocycles. The molecular formula is C20H22N4O2S. The van der Waals surface area contributed by atoms with E-state index in [9.17, 15) is 4.79 Å². The Hall–Kier alpha value is -2.80. The Bertz CT molecular complexity index is 936. The highest BCUT2D eigenvalue weighted by atomic mass is 32.1. The number of amides is 1. The van der Waals surface area contributed by atoms with Crippen LogP contribution >= 0.6 is 11.3 Å². The van der Waals surface area contributed by atoms with Crippen molar-refractivity contribution < 1.29 is 9.53 Å². The molecule has 1 aliphatic rings. The molecular weight excluding hydrogens is 360 g/mol. The summed E-state index contributed by atoms with van der Waals surface area (Å²) in [6, 6.07) is 3.93. The predicted octanol–water partition coefficient (Wildman–Crippen LogP) is 3.83. The average Bonchev–Trinajstić information content (AvgIpc) is 3.10. The van der Waals surface area contributed by atoms with Gasteiger partial charge in [-0.05, 0) is 44.0 Å². The topological polar surface area (TPSA) is 67.2 Å². The minimum atomic E-state index is -0.136. The molecule has 7 heteroatoms. The Morgan fingerprint density at radius 2 is 1.96 bits per heavy atom. The Kier molecular flexibility index (Phi) is 5.51. The van der Waals surface area contributed by atoms with Gasteiger partial charge in [0, 0.05) is 23.6 Å². The molecule has 2 heterocycles. The number of likely N-dealkylation sites (N-methyl/N-ethyl adjacent to an activating group) is 1. The molecule has 2 aromatic rings. The average molecular weight is 382 g/mol. The van der Waals surface area contributed by atoms with E-state index < -0.39 is 0 Å². The molecule has 0 atom stereocenters. The first-order chi connectivity index (χ1) is 12.9. The van der Waals surface area contributed by atoms with Gasteiger partial charge in [-0.3, -0.25) is 14.7 Å². The molecule has 1 aromatic carbocycles. The van der Waals surface area contributed by atoms with Crippen LogP contribution in [0.1, 0.15) is 18.1 Å². The highest BCUT2D eigenvalue weighted by molar-refractivity contribution is 7.14. The number of hydrogen-bond donors (Lipinski definition) is 0. The Labute approximate surface area is 162 Å². The number of hydrogen-bond acceptors (Lipinski definition) is 6. The minimum absolute atomic E-state index is 0.136. The molecule has 1 aliphatic heterocycles. The molecule has 27 heavy (non-hydrogen) atoms. The third-order valence-corrected chi connectivity index (χ3v) is 5.05. The lowest BCUT2D eigenvalue weighted by atomic mass is 10.0. The third kappa shape index (κ3) is 4.14. The van der Waals surface area contributed by atoms with Crippen LogP contribution in [0, 0.1) is 13.8 Å². The van der Waals surface area contributed by atoms with Crippen molar-refractivity contribution in [2.45, 2.75) is 20.8 Å². The van der Waals surface area contributed by atoms with Gasteiger partial charge in [0.15, 0.2) is 5.13 Å². The fourth-order valence-electron chi connectivity index (χ4n) is 2.87. The highest BCUT2D eigenvalue weighted by Gasteiger charge is 2.18. The number of rotatable bonds is 4. The molecule has 0 spiro atoms. The van der Waals surface area contributed by atoms with Crippen molar-refractivity contribution in [3.05, 3.63) is 40.8 Å². The largest absolute Gasteiger partial charge is 0.438 e. The third-order valence-electron chi connectivity index (χ3n) is 4.13. The van der Waals surface area contributed by atoms with E-state index in [0.717, 1.165) is 28.1 Å². The number of carbonyl (C=O) groups is 1. The van der Waals surface area contributed by atoms with Gasteiger partial charge in [-0.25, -0.2) is 9.98 Å². The zero-order valence-corrected chi connectivity index (χ0v) is 16.8. The monoisotopic (exact) mass is 382 g/mol. The molecule has 0 aliphatic carbocycles. The summed E-state index contributed by atoms with van der Waals surface area (Å²) in [7, 11) is 1.71. The van der Waals surface area contributed by atoms with Gasteiger partial charge in [-0.1, -0.05) is 6.58 Å². The van der Waals surface area contributed by atoms with E-state index in [0.29, 0.717) is 29.7 Å². The van der Waals surface area contributed by atoms with Gasteiger partial charge in [-0.2, -0.15) is 0 Å². The second-order valence-electron chi connectivity index (χ2n) is 6.45. The van der Waals surface area contributed by atoms with Gasteiger partial charge in [0.1, 0.15) is 5.75 Å². The van der Waals surface area contributed by atoms with Crippen LogP contribution < -0.4 is 9.64 Å². The van der Waals surface area contributed by atoms with Gasteiger partial charge >= 0.3 is 0 Å². The SMILES string of the molecule is C=C(C)C(=O)N(C)c1nc(-c2c(C)cc(OC3=NCCN=C3)cc2C)cs1. The molecule has 3 rings (SSSR count). The van der Waals surface area contributed by atoms with Gasteiger partial charge in [0.05, 0.1) is 25.0 Å². The first-order valence-corrected chi connectivity index (χ1v) is 9.47. The Balaban J connectivity index is 1.87. The molecule has 0 unspecified atom stereocenters. The van der Waals surface area contributed by atoms with Crippen molar-refractivity contribution in [3.63, 3.8) is 0 Å². The van der Waals surface area contributed by atoms with E-state index in [1.54, 1.807) is 20.2 Å². The van der Waals surface area contributed by atoms with Crippen molar-refractivity contribution in [2.24, 2.45) is 9.98 Å². The fraction of sp³-hybridized carbons (Fsp3) is 0.300. The maximum atomic E-state index is 12.1. The van der Waals surface area contributed by atoms with Crippen molar-refractivity contribution in [3.8, 4) is 17.0 Å². The lowest BCUT2D eigenvalue weighted by molar-refractivity contribution is -0.114. The number of ether oxygens (including phenoxy) is 1. The molecule has 1 aromatic heterocycles. The van der Waals surface area contributed by atoms with Gasteiger partial charge in [0.25, 0.3) is 5.91 Å². The summed E-state index contributed by atoms with van der Waals surface area (Å²) in [5, 5.41) is 2.61. The number of benzene rings is 1. The molecule has 1 amide bonds. The van der Waals surface area contributed by atoms with Crippen molar-refractivity contribution in [1.82, 2.24) is 4.98 Å². The summed E-state index contributed by atoms with van der Waals surface area (Å²) < 4.78 is 5.83. The minimum Gasteiger partial charge on any atom is -0.438 e. The lowest BCUT2D eigenvalue weighted by Gasteiger charge is -2.14. The number of aryl methyl sites for hydroxylation is 2. The van der Waals surface area contributed by atoms with Crippen LogP contribution in [0.15, 0.2) is 39.6 Å². The Morgan fingerprint density at radius 1 is 1.26 bits per heavy atom. The maximum absolute atomic E-state index is 12.1. The zero-order chi connectivity index (χ0) is 19.6. The van der Waals surface area contributed by atoms with Gasteiger partial charge in [0.2, 0.25) is 5.90 Å². The lowest BCUT2D eigenvalue weighted by Crippen LogP contribution is -2.26. The summed E-state index contributed by atoms with van der Waals surface area (Å²) >= 11 is 1.43. The number of carbonyl (C=O) groups excluding carboxylic acids is 1. The number of nitrogens with zero attached hydrogens (tertiary/aromatic N) is 4. The molecule has 0 saturated carbocycles. The van der Waals surface area contributed by atoms with Crippen molar-refractivity contribution in [1.29, 1.82) is 0 Å². The molecule has 140 valence electrons. The zero-order valence-electron chi connectivity index (χ0n) is 15.9. The number of thiazole rings is 1. The van der Waals surface area contributed by atoms with Crippen molar-refractivity contribution in [2.75, 3.05) is 25.0 Å². The van der Waals surface area contributed by atoms with Crippen LogP contribution in [0.4, 0.5) is 5.13 Å². The molecule has 0 bridgehead atoms. The van der Waals surface area contributed by atoms with E-state index in [4.69, 9.17) is 4.74 Å². The summed E-state index contributed by atoms with van der Waals surface area (Å²) in [4.78, 5) is 26.8. The standard InChI is InChI=1S/C20H22N4O2S/c1-12(2)19(25)24(5)20-23-16(11-27-20)18-13(3)8-15(9-14(18)4)26-17-10-21-6-7-22-17/h8-11H,1,6-7H2,2-5H3. The van der Waals surface area contributed by atoms with Crippen LogP contribution in [0.2, 0.25) is 0 Å². The molecule has 6 nitrogen and oxygen atoms in total. The van der Waals surface area contributed by atoms with Crippen LogP contribution in [-0.4, -0.2) is 43.1 Å². The Morgan fingerprint density at radius 3 is 2.56 bits per heavy atom.